The summed E-state index contributed by atoms with van der Waals surface area (Å²) < 4.78 is 0.539. The Balaban J connectivity index is 1.72. The number of para-hydroxylation sites is 1. The van der Waals surface area contributed by atoms with Gasteiger partial charge in [0.2, 0.25) is 0 Å². The molecule has 0 aromatic heterocycles. The van der Waals surface area contributed by atoms with Crippen molar-refractivity contribution in [3.8, 4) is 0 Å². The summed E-state index contributed by atoms with van der Waals surface area (Å²) in [6, 6.07) is 17.1. The van der Waals surface area contributed by atoms with E-state index in [-0.39, 0.29) is 5.91 Å². The third kappa shape index (κ3) is 3.75. The van der Waals surface area contributed by atoms with E-state index in [2.05, 4.69) is 5.32 Å². The van der Waals surface area contributed by atoms with E-state index in [1.54, 1.807) is 6.07 Å². The van der Waals surface area contributed by atoms with Crippen molar-refractivity contribution >= 4 is 57.6 Å². The van der Waals surface area contributed by atoms with Crippen LogP contribution in [0.25, 0.3) is 6.08 Å². The monoisotopic (exact) mass is 360 g/mol. The van der Waals surface area contributed by atoms with Gasteiger partial charge < -0.3 is 5.32 Å². The molecule has 0 radical (unpaired) electrons. The molecule has 0 saturated carbocycles. The number of carbonyl (C=O) groups is 1. The summed E-state index contributed by atoms with van der Waals surface area (Å²) in [5.41, 5.74) is 1.75. The van der Waals surface area contributed by atoms with E-state index in [9.17, 15) is 4.79 Å². The number of thioether (sulfide) groups is 1. The molecule has 2 aromatic carbocycles. The van der Waals surface area contributed by atoms with Gasteiger partial charge in [-0.1, -0.05) is 78.0 Å². The molecule has 0 atom stereocenters. The van der Waals surface area contributed by atoms with Crippen LogP contribution in [-0.4, -0.2) is 21.8 Å². The van der Waals surface area contributed by atoms with E-state index in [1.807, 2.05) is 54.6 Å². The molecule has 1 amide bonds. The van der Waals surface area contributed by atoms with E-state index >= 15 is 0 Å². The minimum atomic E-state index is -0.0941. The lowest BCUT2D eigenvalue weighted by Gasteiger charge is -2.16. The highest BCUT2D eigenvalue weighted by atomic mass is 35.5. The Hall–Kier alpha value is -1.82. The molecule has 116 valence electrons. The molecule has 3 rings (SSSR count). The second-order valence-electron chi connectivity index (χ2n) is 4.84. The van der Waals surface area contributed by atoms with Crippen molar-refractivity contribution in [1.82, 2.24) is 4.90 Å². The lowest BCUT2D eigenvalue weighted by atomic mass is 10.2. The summed E-state index contributed by atoms with van der Waals surface area (Å²) in [6.45, 7) is 0.292. The summed E-state index contributed by atoms with van der Waals surface area (Å²) >= 11 is 12.7. The zero-order valence-electron chi connectivity index (χ0n) is 12.0. The first-order valence-electron chi connectivity index (χ1n) is 6.94. The van der Waals surface area contributed by atoms with Gasteiger partial charge in [-0.2, -0.15) is 0 Å². The molecule has 1 heterocycles. The summed E-state index contributed by atoms with van der Waals surface area (Å²) in [6.07, 6.45) is 1.86. The van der Waals surface area contributed by atoms with Crippen LogP contribution in [-0.2, 0) is 4.79 Å². The molecule has 1 aliphatic rings. The zero-order chi connectivity index (χ0) is 16.2. The zero-order valence-corrected chi connectivity index (χ0v) is 14.4. The van der Waals surface area contributed by atoms with Gasteiger partial charge in [0, 0.05) is 0 Å². The van der Waals surface area contributed by atoms with Crippen molar-refractivity contribution in [3.63, 3.8) is 0 Å². The van der Waals surface area contributed by atoms with Crippen molar-refractivity contribution in [2.45, 2.75) is 0 Å². The minimum absolute atomic E-state index is 0.0941. The van der Waals surface area contributed by atoms with Crippen LogP contribution >= 0.6 is 35.6 Å². The van der Waals surface area contributed by atoms with Gasteiger partial charge in [0.1, 0.15) is 4.32 Å². The van der Waals surface area contributed by atoms with Crippen molar-refractivity contribution in [1.29, 1.82) is 0 Å². The van der Waals surface area contributed by atoms with Crippen LogP contribution in [0.3, 0.4) is 0 Å². The lowest BCUT2D eigenvalue weighted by Crippen LogP contribution is -2.33. The topological polar surface area (TPSA) is 32.3 Å². The third-order valence-corrected chi connectivity index (χ3v) is 4.98. The van der Waals surface area contributed by atoms with E-state index < -0.39 is 0 Å². The van der Waals surface area contributed by atoms with Crippen LogP contribution in [0, 0.1) is 0 Å². The van der Waals surface area contributed by atoms with E-state index in [4.69, 9.17) is 23.8 Å². The number of amides is 1. The SMILES string of the molecule is O=C1/C(=C\c2ccccc2)SC(=S)N1CNc1ccccc1Cl. The molecule has 23 heavy (non-hydrogen) atoms. The fourth-order valence-corrected chi connectivity index (χ4v) is 3.56. The third-order valence-electron chi connectivity index (χ3n) is 3.27. The van der Waals surface area contributed by atoms with Crippen molar-refractivity contribution in [3.05, 3.63) is 70.1 Å². The summed E-state index contributed by atoms with van der Waals surface area (Å²) in [7, 11) is 0. The summed E-state index contributed by atoms with van der Waals surface area (Å²) in [4.78, 5) is 14.7. The highest BCUT2D eigenvalue weighted by molar-refractivity contribution is 8.26. The molecule has 1 aliphatic heterocycles. The average Bonchev–Trinajstić information content (AvgIpc) is 2.82. The van der Waals surface area contributed by atoms with E-state index in [0.717, 1.165) is 11.3 Å². The van der Waals surface area contributed by atoms with Crippen molar-refractivity contribution < 1.29 is 4.79 Å². The number of hydrogen-bond acceptors (Lipinski definition) is 4. The first-order chi connectivity index (χ1) is 11.1. The van der Waals surface area contributed by atoms with Gasteiger partial charge in [-0.05, 0) is 23.8 Å². The second-order valence-corrected chi connectivity index (χ2v) is 6.92. The molecular weight excluding hydrogens is 348 g/mol. The fourth-order valence-electron chi connectivity index (χ4n) is 2.11. The quantitative estimate of drug-likeness (QED) is 0.637. The molecule has 0 spiro atoms. The largest absolute Gasteiger partial charge is 0.366 e. The predicted octanol–water partition coefficient (Wildman–Crippen LogP) is 4.61. The van der Waals surface area contributed by atoms with Gasteiger partial charge in [-0.3, -0.25) is 9.69 Å². The van der Waals surface area contributed by atoms with Crippen LogP contribution in [0.2, 0.25) is 5.02 Å². The smallest absolute Gasteiger partial charge is 0.267 e. The number of rotatable bonds is 4. The Bertz CT molecular complexity index is 777. The predicted molar refractivity (Wildman–Crippen MR) is 101 cm³/mol. The van der Waals surface area contributed by atoms with Crippen LogP contribution in [0.1, 0.15) is 5.56 Å². The number of nitrogens with zero attached hydrogens (tertiary/aromatic N) is 1. The molecule has 3 nitrogen and oxygen atoms in total. The highest BCUT2D eigenvalue weighted by Gasteiger charge is 2.31. The Morgan fingerprint density at radius 3 is 2.57 bits per heavy atom. The number of hydrogen-bond donors (Lipinski definition) is 1. The lowest BCUT2D eigenvalue weighted by molar-refractivity contribution is -0.121. The van der Waals surface area contributed by atoms with Crippen molar-refractivity contribution in [2.24, 2.45) is 0 Å². The summed E-state index contributed by atoms with van der Waals surface area (Å²) in [5, 5.41) is 3.75. The number of anilines is 1. The van der Waals surface area contributed by atoms with E-state index in [1.165, 1.54) is 16.7 Å². The normalized spacial score (nSPS) is 16.2. The first-order valence-corrected chi connectivity index (χ1v) is 8.54. The molecule has 0 aliphatic carbocycles. The van der Waals surface area contributed by atoms with Gasteiger partial charge in [0.15, 0.2) is 0 Å². The Kier molecular flexibility index (Phi) is 5.00. The number of halogens is 1. The molecule has 6 heteroatoms. The number of nitrogens with one attached hydrogen (secondary N) is 1. The molecule has 2 aromatic rings. The molecule has 0 bridgehead atoms. The van der Waals surface area contributed by atoms with Crippen LogP contribution in [0.15, 0.2) is 59.5 Å². The van der Waals surface area contributed by atoms with Crippen LogP contribution < -0.4 is 5.32 Å². The molecule has 1 fully saturated rings. The average molecular weight is 361 g/mol. The molecule has 0 unspecified atom stereocenters. The maximum Gasteiger partial charge on any atom is 0.267 e. The van der Waals surface area contributed by atoms with Crippen LogP contribution in [0.4, 0.5) is 5.69 Å². The van der Waals surface area contributed by atoms with Crippen LogP contribution in [0.5, 0.6) is 0 Å². The maximum absolute atomic E-state index is 12.5. The van der Waals surface area contributed by atoms with Gasteiger partial charge in [0.25, 0.3) is 5.91 Å². The standard InChI is InChI=1S/C17H13ClN2OS2/c18-13-8-4-5-9-14(13)19-11-20-16(21)15(23-17(20)22)10-12-6-2-1-3-7-12/h1-10,19H,11H2/b15-10+. The number of thiocarbonyl (C=S) groups is 1. The summed E-state index contributed by atoms with van der Waals surface area (Å²) in [5.74, 6) is -0.0941. The maximum atomic E-state index is 12.5. The van der Waals surface area contributed by atoms with Gasteiger partial charge in [-0.25, -0.2) is 0 Å². The number of carbonyl (C=O) groups excluding carboxylic acids is 1. The molecular formula is C17H13ClN2OS2. The molecule has 1 saturated heterocycles. The highest BCUT2D eigenvalue weighted by Crippen LogP contribution is 2.32. The van der Waals surface area contributed by atoms with E-state index in [0.29, 0.717) is 20.9 Å². The van der Waals surface area contributed by atoms with Gasteiger partial charge in [-0.15, -0.1) is 0 Å². The second kappa shape index (κ2) is 7.17. The van der Waals surface area contributed by atoms with Gasteiger partial charge in [0.05, 0.1) is 22.3 Å². The Morgan fingerprint density at radius 2 is 1.83 bits per heavy atom. The Morgan fingerprint density at radius 1 is 1.13 bits per heavy atom. The minimum Gasteiger partial charge on any atom is -0.366 e. The first kappa shape index (κ1) is 16.1. The van der Waals surface area contributed by atoms with Crippen molar-refractivity contribution in [2.75, 3.05) is 12.0 Å². The fraction of sp³-hybridized carbons (Fsp3) is 0.0588. The Labute approximate surface area is 149 Å². The number of benzene rings is 2. The van der Waals surface area contributed by atoms with Gasteiger partial charge >= 0.3 is 0 Å². The molecule has 1 N–H and O–H groups in total.